The van der Waals surface area contributed by atoms with Crippen molar-refractivity contribution < 1.29 is 4.79 Å². The zero-order valence-electron chi connectivity index (χ0n) is 9.11. The van der Waals surface area contributed by atoms with Gasteiger partial charge in [0.2, 0.25) is 0 Å². The highest BCUT2D eigenvalue weighted by molar-refractivity contribution is 9.24. The predicted octanol–water partition coefficient (Wildman–Crippen LogP) is 4.26. The third-order valence-corrected chi connectivity index (χ3v) is 8.35. The number of halogens is 3. The molecule has 3 rings (SSSR count). The van der Waals surface area contributed by atoms with Gasteiger partial charge in [0.1, 0.15) is 5.78 Å². The lowest BCUT2D eigenvalue weighted by atomic mass is 9.42. The van der Waals surface area contributed by atoms with Crippen molar-refractivity contribution in [2.75, 3.05) is 0 Å². The Morgan fingerprint density at radius 3 is 2.07 bits per heavy atom. The molecule has 0 saturated heterocycles. The molecule has 4 heteroatoms. The molecule has 0 spiro atoms. The van der Waals surface area contributed by atoms with Crippen LogP contribution in [-0.2, 0) is 4.79 Å². The first kappa shape index (κ1) is 12.6. The smallest absolute Gasteiger partial charge is 0.137 e. The molecule has 15 heavy (non-hydrogen) atoms. The number of hydrogen-bond acceptors (Lipinski definition) is 1. The van der Waals surface area contributed by atoms with E-state index in [0.29, 0.717) is 10.6 Å². The van der Waals surface area contributed by atoms with E-state index in [1.807, 2.05) is 0 Å². The Morgan fingerprint density at radius 1 is 1.33 bits per heavy atom. The monoisotopic (exact) mass is 400 g/mol. The van der Waals surface area contributed by atoms with Gasteiger partial charge in [0.05, 0.1) is 3.74 Å². The topological polar surface area (TPSA) is 17.1 Å². The maximum atomic E-state index is 11.9. The lowest BCUT2D eigenvalue weighted by molar-refractivity contribution is -0.156. The molecule has 0 aromatic heterocycles. The lowest BCUT2D eigenvalue weighted by Crippen LogP contribution is -2.69. The summed E-state index contributed by atoms with van der Waals surface area (Å²) in [7, 11) is 0. The van der Waals surface area contributed by atoms with Crippen molar-refractivity contribution >= 4 is 53.6 Å². The maximum absolute atomic E-state index is 11.9. The molecular weight excluding hydrogens is 388 g/mol. The molecule has 3 atom stereocenters. The van der Waals surface area contributed by atoms with Gasteiger partial charge in [-0.1, -0.05) is 61.6 Å². The standard InChI is InChI=1S/C11H15Br3O/c1-6(15)10-4-5-11(7(10)12,8(13)14)9(10,2)3/h7-8H,4-5H2,1-3H3. The summed E-state index contributed by atoms with van der Waals surface area (Å²) in [6.07, 6.45) is 2.12. The number of ketones is 1. The molecule has 0 aliphatic heterocycles. The van der Waals surface area contributed by atoms with E-state index in [0.717, 1.165) is 12.8 Å². The van der Waals surface area contributed by atoms with Crippen LogP contribution >= 0.6 is 47.8 Å². The molecule has 3 aliphatic carbocycles. The number of carbonyl (C=O) groups is 1. The van der Waals surface area contributed by atoms with Crippen LogP contribution in [0.1, 0.15) is 33.6 Å². The summed E-state index contributed by atoms with van der Waals surface area (Å²) in [5.74, 6) is 0.336. The largest absolute Gasteiger partial charge is 0.299 e. The minimum Gasteiger partial charge on any atom is -0.299 e. The summed E-state index contributed by atoms with van der Waals surface area (Å²) in [5.41, 5.74) is 0.0864. The fourth-order valence-corrected chi connectivity index (χ4v) is 9.01. The molecule has 3 unspecified atom stereocenters. The zero-order chi connectivity index (χ0) is 11.6. The third kappa shape index (κ3) is 1.03. The van der Waals surface area contributed by atoms with E-state index in [9.17, 15) is 4.79 Å². The maximum Gasteiger partial charge on any atom is 0.137 e. The SMILES string of the molecule is CC(=O)C12CCC(C(Br)Br)(C1Br)C2(C)C. The van der Waals surface area contributed by atoms with E-state index in [-0.39, 0.29) is 20.0 Å². The Labute approximate surface area is 116 Å². The van der Waals surface area contributed by atoms with Crippen LogP contribution in [0.4, 0.5) is 0 Å². The Bertz CT molecular complexity index is 326. The van der Waals surface area contributed by atoms with Crippen LogP contribution in [0.15, 0.2) is 0 Å². The predicted molar refractivity (Wildman–Crippen MR) is 72.9 cm³/mol. The number of rotatable bonds is 2. The third-order valence-electron chi connectivity index (χ3n) is 5.11. The quantitative estimate of drug-likeness (QED) is 0.631. The fourth-order valence-electron chi connectivity index (χ4n) is 3.98. The molecule has 3 saturated carbocycles. The van der Waals surface area contributed by atoms with Crippen LogP contribution in [0, 0.1) is 16.2 Å². The van der Waals surface area contributed by atoms with E-state index in [1.54, 1.807) is 6.92 Å². The summed E-state index contributed by atoms with van der Waals surface area (Å²) in [5, 5.41) is 0. The summed E-state index contributed by atoms with van der Waals surface area (Å²) in [4.78, 5) is 12.2. The van der Waals surface area contributed by atoms with Crippen molar-refractivity contribution in [3.8, 4) is 0 Å². The number of Topliss-reactive ketones (excluding diaryl/α,β-unsaturated/α-hetero) is 1. The van der Waals surface area contributed by atoms with Gasteiger partial charge in [0.15, 0.2) is 0 Å². The van der Waals surface area contributed by atoms with Gasteiger partial charge in [0.25, 0.3) is 0 Å². The second-order valence-corrected chi connectivity index (χ2v) is 9.33. The van der Waals surface area contributed by atoms with E-state index >= 15 is 0 Å². The van der Waals surface area contributed by atoms with Gasteiger partial charge < -0.3 is 0 Å². The minimum absolute atomic E-state index is 0.0671. The second-order valence-electron chi connectivity index (χ2n) is 5.36. The van der Waals surface area contributed by atoms with Crippen LogP contribution in [0.5, 0.6) is 0 Å². The summed E-state index contributed by atoms with van der Waals surface area (Å²) in [6, 6.07) is 0. The van der Waals surface area contributed by atoms with E-state index in [2.05, 4.69) is 61.6 Å². The molecule has 1 nitrogen and oxygen atoms in total. The molecule has 0 aromatic rings. The molecule has 0 N–H and O–H groups in total. The first-order valence-electron chi connectivity index (χ1n) is 5.18. The highest BCUT2D eigenvalue weighted by Gasteiger charge is 2.82. The Morgan fingerprint density at radius 2 is 1.87 bits per heavy atom. The van der Waals surface area contributed by atoms with Gasteiger partial charge in [-0.05, 0) is 25.2 Å². The Kier molecular flexibility index (Phi) is 2.78. The molecule has 0 radical (unpaired) electrons. The second kappa shape index (κ2) is 3.32. The van der Waals surface area contributed by atoms with Gasteiger partial charge in [-0.2, -0.15) is 0 Å². The van der Waals surface area contributed by atoms with Crippen LogP contribution in [0.2, 0.25) is 0 Å². The summed E-state index contributed by atoms with van der Waals surface area (Å²) >= 11 is 11.1. The zero-order valence-corrected chi connectivity index (χ0v) is 13.9. The molecule has 0 aromatic carbocycles. The average Bonchev–Trinajstić information content (AvgIpc) is 2.53. The van der Waals surface area contributed by atoms with Gasteiger partial charge in [-0.15, -0.1) is 0 Å². The molecular formula is C11H15Br3O. The van der Waals surface area contributed by atoms with Crippen molar-refractivity contribution in [2.45, 2.75) is 42.2 Å². The molecule has 86 valence electrons. The van der Waals surface area contributed by atoms with E-state index < -0.39 is 0 Å². The number of alkyl halides is 3. The number of carbonyl (C=O) groups excluding carboxylic acids is 1. The van der Waals surface area contributed by atoms with Crippen molar-refractivity contribution in [1.29, 1.82) is 0 Å². The van der Waals surface area contributed by atoms with Gasteiger partial charge in [0, 0.05) is 15.7 Å². The van der Waals surface area contributed by atoms with Crippen molar-refractivity contribution in [3.05, 3.63) is 0 Å². The first-order valence-corrected chi connectivity index (χ1v) is 7.93. The molecule has 0 amide bonds. The van der Waals surface area contributed by atoms with Crippen LogP contribution in [-0.4, -0.2) is 14.3 Å². The molecule has 3 aliphatic rings. The first-order chi connectivity index (χ1) is 6.75. The molecule has 0 heterocycles. The van der Waals surface area contributed by atoms with Gasteiger partial charge >= 0.3 is 0 Å². The van der Waals surface area contributed by atoms with Gasteiger partial charge in [-0.3, -0.25) is 4.79 Å². The van der Waals surface area contributed by atoms with E-state index in [1.165, 1.54) is 0 Å². The Balaban J connectivity index is 2.50. The highest BCUT2D eigenvalue weighted by atomic mass is 79.9. The van der Waals surface area contributed by atoms with Crippen molar-refractivity contribution in [2.24, 2.45) is 16.2 Å². The van der Waals surface area contributed by atoms with E-state index in [4.69, 9.17) is 0 Å². The summed E-state index contributed by atoms with van der Waals surface area (Å²) < 4.78 is 0.270. The average molecular weight is 403 g/mol. The highest BCUT2D eigenvalue weighted by Crippen LogP contribution is 2.82. The van der Waals surface area contributed by atoms with Crippen LogP contribution in [0.25, 0.3) is 0 Å². The van der Waals surface area contributed by atoms with Crippen molar-refractivity contribution in [3.63, 3.8) is 0 Å². The summed E-state index contributed by atoms with van der Waals surface area (Å²) in [6.45, 7) is 6.20. The molecule has 3 fully saturated rings. The number of fused-ring (bicyclic) bond motifs is 1. The van der Waals surface area contributed by atoms with Crippen LogP contribution in [0.3, 0.4) is 0 Å². The fraction of sp³-hybridized carbons (Fsp3) is 0.909. The van der Waals surface area contributed by atoms with Crippen LogP contribution < -0.4 is 0 Å². The van der Waals surface area contributed by atoms with Crippen molar-refractivity contribution in [1.82, 2.24) is 0 Å². The molecule has 2 bridgehead atoms. The normalized spacial score (nSPS) is 46.7. The lowest BCUT2D eigenvalue weighted by Gasteiger charge is -2.66. The minimum atomic E-state index is -0.146. The van der Waals surface area contributed by atoms with Gasteiger partial charge in [-0.25, -0.2) is 0 Å². The Hall–Kier alpha value is 1.11. The number of hydrogen-bond donors (Lipinski definition) is 0.